The quantitative estimate of drug-likeness (QED) is 0.0879. The van der Waals surface area contributed by atoms with Crippen LogP contribution in [0.5, 0.6) is 0 Å². The van der Waals surface area contributed by atoms with Gasteiger partial charge in [-0.3, -0.25) is 4.57 Å². The van der Waals surface area contributed by atoms with Crippen LogP contribution in [0.4, 0.5) is 0 Å². The number of nitrogens with zero attached hydrogens (tertiary/aromatic N) is 19. The van der Waals surface area contributed by atoms with E-state index in [1.54, 1.807) is 57.2 Å². The number of amidine groups is 1. The molecule has 4 radical (unpaired) electrons. The van der Waals surface area contributed by atoms with Crippen molar-refractivity contribution in [1.29, 1.82) is 5.26 Å². The van der Waals surface area contributed by atoms with E-state index in [9.17, 15) is 0 Å². The van der Waals surface area contributed by atoms with Gasteiger partial charge in [0, 0.05) is 11.2 Å². The molecule has 0 spiro atoms. The summed E-state index contributed by atoms with van der Waals surface area (Å²) in [6.45, 7) is 6.88. The van der Waals surface area contributed by atoms with Gasteiger partial charge in [0.15, 0.2) is 11.6 Å². The van der Waals surface area contributed by atoms with Crippen molar-refractivity contribution in [2.24, 2.45) is 9.98 Å². The first-order valence-electron chi connectivity index (χ1n) is 25.9. The molecule has 0 aliphatic carbocycles. The van der Waals surface area contributed by atoms with Crippen molar-refractivity contribution in [3.05, 3.63) is 248 Å². The molecule has 14 aromatic rings. The summed E-state index contributed by atoms with van der Waals surface area (Å²) in [7, 11) is 0. The van der Waals surface area contributed by atoms with Gasteiger partial charge in [0.25, 0.3) is 0 Å². The summed E-state index contributed by atoms with van der Waals surface area (Å²) in [5.74, 6) is 4.24. The van der Waals surface area contributed by atoms with E-state index in [0.717, 1.165) is 147 Å². The first-order valence-corrected chi connectivity index (χ1v) is 30.5. The molecule has 1 aliphatic heterocycles. The van der Waals surface area contributed by atoms with Gasteiger partial charge in [0.2, 0.25) is 0 Å². The van der Waals surface area contributed by atoms with Gasteiger partial charge in [-0.15, -0.1) is 0 Å². The van der Waals surface area contributed by atoms with Crippen LogP contribution in [0.25, 0.3) is 106 Å². The van der Waals surface area contributed by atoms with Crippen LogP contribution in [0.2, 0.25) is 0 Å². The molecule has 0 fully saturated rings. The molecule has 0 saturated carbocycles. The number of allylic oxidation sites excluding steroid dienone is 1. The van der Waals surface area contributed by atoms with Crippen LogP contribution in [0.3, 0.4) is 0 Å². The molecular weight excluding hydrogens is 1230 g/mol. The van der Waals surface area contributed by atoms with E-state index >= 15 is 0 Å². The van der Waals surface area contributed by atoms with Crippen LogP contribution in [0.15, 0.2) is 241 Å². The summed E-state index contributed by atoms with van der Waals surface area (Å²) in [5, 5.41) is 11.1. The summed E-state index contributed by atoms with van der Waals surface area (Å²) >= 11 is 4.54. The van der Waals surface area contributed by atoms with E-state index in [0.29, 0.717) is 11.5 Å². The van der Waals surface area contributed by atoms with Crippen LogP contribution in [-0.4, -0.2) is 153 Å². The summed E-state index contributed by atoms with van der Waals surface area (Å²) in [6, 6.07) is 59.2. The van der Waals surface area contributed by atoms with Crippen molar-refractivity contribution in [2.45, 2.75) is 0 Å². The monoisotopic (exact) mass is 1270 g/mol. The molecule has 0 saturated heterocycles. The van der Waals surface area contributed by atoms with E-state index in [1.165, 1.54) is 17.2 Å². The zero-order chi connectivity index (χ0) is 57.5. The number of hydrogen-bond donors (Lipinski definition) is 0. The SMILES string of the molecule is [AlH][n]1c(-c2nc3ccccc3n2-c2ccccc2)nc2ccccc21.[C-]#[N+]/C(C#N)=C1/N=C[N]([GaH])C(c2cnccn2)=N1.[GaH][n]1c(-c2cc3ccccc3cn2)nc2cnccc21.[GaH][n]1c(-c2cn(-c3ccccc3)cn2)nc2ccccc21. The fraction of sp³-hybridized carbons (Fsp3) is 0. The molecule has 84 heavy (non-hydrogen) atoms. The summed E-state index contributed by atoms with van der Waals surface area (Å²) in [5.41, 5.74) is 12.8. The Morgan fingerprint density at radius 3 is 1.79 bits per heavy atom. The Balaban J connectivity index is 0.000000111. The Morgan fingerprint density at radius 1 is 0.524 bits per heavy atom. The number of fused-ring (bicyclic) bond motifs is 5. The maximum atomic E-state index is 8.80. The molecule has 15 rings (SSSR count). The van der Waals surface area contributed by atoms with Gasteiger partial charge in [0.05, 0.1) is 16.6 Å². The van der Waals surface area contributed by atoms with E-state index < -0.39 is 0 Å². The van der Waals surface area contributed by atoms with Crippen molar-refractivity contribution in [1.82, 2.24) is 67.7 Å². The Hall–Kier alpha value is -9.65. The van der Waals surface area contributed by atoms with Crippen molar-refractivity contribution in [3.8, 4) is 52.1 Å². The van der Waals surface area contributed by atoms with E-state index in [1.807, 2.05) is 132 Å². The standard InChI is InChI=1S/C20H13N4.C16H11N4.C15H9N4.C10H4N7.Al.3Ga.4H/c1-2-8-14(9-3-1)24-18-13-7-6-12-17(18)23-20(24)19-21-15-10-4-5-11-16(15)22-19;1-2-6-12(7-3-1)20-10-15(17-11-20)16-18-13-8-4-5-9-14(13)19-16;1-2-4-11-8-17-13(7-10(11)3-1)15-18-12-5-6-16-9-14(12)19-15;1-12-7(4-11)9-15-6-16-10(17-9)8-5-13-2-3-14-8;;;;;;;;/h1-13H;1-11H;1-9H;2-3,5-6H;;;;;;;;/q4*-1;4*+1;;;;/b;;;9-7-;;;;;;;;. The number of imidazole rings is 5. The molecular formula is C61H41AlGa3N19. The second kappa shape index (κ2) is 24.8. The summed E-state index contributed by atoms with van der Waals surface area (Å²) in [4.78, 5) is 51.7. The number of hydrogen-bond acceptors (Lipinski definition) is 13. The van der Waals surface area contributed by atoms with Gasteiger partial charge < -0.3 is 3.55 Å². The Bertz CT molecular complexity index is 4890. The predicted octanol–water partition coefficient (Wildman–Crippen LogP) is 8.56. The molecule has 1 aliphatic rings. The van der Waals surface area contributed by atoms with Crippen LogP contribution >= 0.6 is 0 Å². The molecule has 0 unspecified atom stereocenters. The number of aromatic nitrogens is 14. The number of nitriles is 1. The third kappa shape index (κ3) is 11.3. The maximum absolute atomic E-state index is 8.80. The Labute approximate surface area is 519 Å². The van der Waals surface area contributed by atoms with Gasteiger partial charge in [-0.05, 0) is 36.4 Å². The predicted molar refractivity (Wildman–Crippen MR) is 333 cm³/mol. The summed E-state index contributed by atoms with van der Waals surface area (Å²) < 4.78 is 12.5. The average molecular weight is 1280 g/mol. The van der Waals surface area contributed by atoms with Gasteiger partial charge in [-0.1, -0.05) is 42.5 Å². The van der Waals surface area contributed by atoms with Crippen LogP contribution in [0, 0.1) is 17.9 Å². The molecule has 19 nitrogen and oxygen atoms in total. The fourth-order valence-electron chi connectivity index (χ4n) is 9.32. The molecule has 0 amide bonds. The van der Waals surface area contributed by atoms with Gasteiger partial charge in [-0.25, -0.2) is 9.97 Å². The van der Waals surface area contributed by atoms with Gasteiger partial charge in [-0.2, -0.15) is 0 Å². The molecule has 0 atom stereocenters. The molecule has 23 heteroatoms. The van der Waals surface area contributed by atoms with E-state index in [2.05, 4.69) is 120 Å². The molecule has 9 heterocycles. The fourth-order valence-corrected chi connectivity index (χ4v) is 12.6. The van der Waals surface area contributed by atoms with Crippen molar-refractivity contribution in [2.75, 3.05) is 0 Å². The van der Waals surface area contributed by atoms with Crippen molar-refractivity contribution < 1.29 is 0 Å². The molecule has 0 bridgehead atoms. The normalized spacial score (nSPS) is 12.4. The van der Waals surface area contributed by atoms with E-state index in [-0.39, 0.29) is 11.5 Å². The van der Waals surface area contributed by atoms with Gasteiger partial charge >= 0.3 is 387 Å². The number of pyridine rings is 2. The van der Waals surface area contributed by atoms with Crippen molar-refractivity contribution in [3.63, 3.8) is 0 Å². The minimum absolute atomic E-state index is 0.109. The zero-order valence-corrected chi connectivity index (χ0v) is 55.0. The second-order valence-corrected chi connectivity index (χ2v) is 23.3. The molecule has 8 aromatic heterocycles. The zero-order valence-electron chi connectivity index (χ0n) is 44.7. The third-order valence-corrected chi connectivity index (χ3v) is 17.7. The van der Waals surface area contributed by atoms with E-state index in [4.69, 9.17) is 26.8 Å². The number of aliphatic imine (C=N–C) groups is 2. The number of rotatable bonds is 6. The Kier molecular flexibility index (Phi) is 16.2. The number of benzene rings is 6. The first kappa shape index (κ1) is 54.9. The van der Waals surface area contributed by atoms with Crippen molar-refractivity contribution >= 4 is 140 Å². The second-order valence-electron chi connectivity index (χ2n) is 18.6. The van der Waals surface area contributed by atoms with Crippen LogP contribution in [-0.2, 0) is 0 Å². The molecule has 0 N–H and O–H groups in total. The Morgan fingerprint density at radius 2 is 1.11 bits per heavy atom. The van der Waals surface area contributed by atoms with Crippen LogP contribution < -0.4 is 0 Å². The molecule has 6 aromatic carbocycles. The topological polar surface area (TPSA) is 197 Å². The molecule has 392 valence electrons. The third-order valence-electron chi connectivity index (χ3n) is 13.4. The minimum atomic E-state index is -0.138. The first-order chi connectivity index (χ1) is 41.2. The number of para-hydroxylation sites is 8. The summed E-state index contributed by atoms with van der Waals surface area (Å²) in [6.07, 6.45) is 15.6. The van der Waals surface area contributed by atoms with Gasteiger partial charge in [0.1, 0.15) is 0 Å². The average Bonchev–Trinajstić information content (AvgIpc) is 4.20. The van der Waals surface area contributed by atoms with Crippen LogP contribution in [0.1, 0.15) is 5.69 Å².